The van der Waals surface area contributed by atoms with Crippen molar-refractivity contribution in [2.45, 2.75) is 32.4 Å². The van der Waals surface area contributed by atoms with Crippen molar-refractivity contribution in [2.75, 3.05) is 0 Å². The molecule has 2 aromatic rings. The summed E-state index contributed by atoms with van der Waals surface area (Å²) in [5.41, 5.74) is 5.52. The molecule has 3 N–H and O–H groups in total. The van der Waals surface area contributed by atoms with Gasteiger partial charge in [-0.15, -0.1) is 22.7 Å². The normalized spacial score (nSPS) is 14.3. The number of nitrogens with two attached hydrogens (primary N) is 1. The third kappa shape index (κ3) is 3.91. The number of carbonyl (C=O) groups is 1. The SMILES string of the molecule is CC(C)C(NC(Cc1cccs1)c1cccs1)C(N)=O. The van der Waals surface area contributed by atoms with Crippen LogP contribution in [0.5, 0.6) is 0 Å². The Kier molecular flexibility index (Phi) is 5.34. The molecule has 3 nitrogen and oxygen atoms in total. The van der Waals surface area contributed by atoms with Crippen LogP contribution in [0.4, 0.5) is 0 Å². The van der Waals surface area contributed by atoms with Crippen LogP contribution in [0.15, 0.2) is 35.0 Å². The Hall–Kier alpha value is -1.17. The van der Waals surface area contributed by atoms with Gasteiger partial charge in [-0.05, 0) is 28.8 Å². The molecule has 0 spiro atoms. The van der Waals surface area contributed by atoms with Crippen LogP contribution in [0, 0.1) is 5.92 Å². The van der Waals surface area contributed by atoms with E-state index in [-0.39, 0.29) is 23.9 Å². The third-order valence-corrected chi connectivity index (χ3v) is 5.11. The lowest BCUT2D eigenvalue weighted by Gasteiger charge is -2.25. The summed E-state index contributed by atoms with van der Waals surface area (Å²) in [6, 6.07) is 8.16. The van der Waals surface area contributed by atoms with E-state index in [1.54, 1.807) is 22.7 Å². The zero-order valence-corrected chi connectivity index (χ0v) is 13.3. The van der Waals surface area contributed by atoms with Crippen molar-refractivity contribution in [3.63, 3.8) is 0 Å². The highest BCUT2D eigenvalue weighted by molar-refractivity contribution is 7.10. The topological polar surface area (TPSA) is 55.1 Å². The Morgan fingerprint density at radius 3 is 2.45 bits per heavy atom. The number of hydrogen-bond donors (Lipinski definition) is 2. The van der Waals surface area contributed by atoms with Crippen LogP contribution >= 0.6 is 22.7 Å². The number of hydrogen-bond acceptors (Lipinski definition) is 4. The summed E-state index contributed by atoms with van der Waals surface area (Å²) in [6.07, 6.45) is 0.884. The van der Waals surface area contributed by atoms with Crippen LogP contribution in [-0.4, -0.2) is 11.9 Å². The van der Waals surface area contributed by atoms with Gasteiger partial charge >= 0.3 is 0 Å². The number of nitrogens with one attached hydrogen (secondary N) is 1. The summed E-state index contributed by atoms with van der Waals surface area (Å²) >= 11 is 3.45. The van der Waals surface area contributed by atoms with Crippen LogP contribution in [0.1, 0.15) is 29.6 Å². The molecule has 2 rings (SSSR count). The highest BCUT2D eigenvalue weighted by Gasteiger charge is 2.24. The molecule has 20 heavy (non-hydrogen) atoms. The molecule has 0 fully saturated rings. The molecular weight excluding hydrogens is 288 g/mol. The second kappa shape index (κ2) is 7.02. The van der Waals surface area contributed by atoms with Crippen LogP contribution in [0.3, 0.4) is 0 Å². The van der Waals surface area contributed by atoms with Crippen molar-refractivity contribution < 1.29 is 4.79 Å². The maximum Gasteiger partial charge on any atom is 0.234 e. The van der Waals surface area contributed by atoms with E-state index in [1.165, 1.54) is 9.75 Å². The largest absolute Gasteiger partial charge is 0.368 e. The maximum atomic E-state index is 11.6. The van der Waals surface area contributed by atoms with Gasteiger partial charge in [0.2, 0.25) is 5.91 Å². The van der Waals surface area contributed by atoms with Crippen LogP contribution < -0.4 is 11.1 Å². The lowest BCUT2D eigenvalue weighted by atomic mass is 10.0. The van der Waals surface area contributed by atoms with Crippen molar-refractivity contribution in [1.29, 1.82) is 0 Å². The lowest BCUT2D eigenvalue weighted by molar-refractivity contribution is -0.121. The first-order chi connectivity index (χ1) is 9.58. The standard InChI is InChI=1S/C15H20N2OS2/c1-10(2)14(15(16)18)17-12(13-6-4-8-20-13)9-11-5-3-7-19-11/h3-8,10,12,14,17H,9H2,1-2H3,(H2,16,18). The summed E-state index contributed by atoms with van der Waals surface area (Å²) in [5.74, 6) is -0.106. The van der Waals surface area contributed by atoms with Gasteiger partial charge in [-0.2, -0.15) is 0 Å². The van der Waals surface area contributed by atoms with Gasteiger partial charge in [0.05, 0.1) is 6.04 Å². The zero-order chi connectivity index (χ0) is 14.5. The molecule has 2 aromatic heterocycles. The Bertz CT molecular complexity index is 520. The predicted molar refractivity (Wildman–Crippen MR) is 86.0 cm³/mol. The fourth-order valence-corrected chi connectivity index (χ4v) is 3.72. The highest BCUT2D eigenvalue weighted by atomic mass is 32.1. The molecule has 0 aliphatic carbocycles. The molecule has 0 aliphatic heterocycles. The monoisotopic (exact) mass is 308 g/mol. The first kappa shape index (κ1) is 15.2. The van der Waals surface area contributed by atoms with Crippen molar-refractivity contribution in [1.82, 2.24) is 5.32 Å². The summed E-state index contributed by atoms with van der Waals surface area (Å²) in [7, 11) is 0. The van der Waals surface area contributed by atoms with E-state index in [1.807, 2.05) is 19.9 Å². The molecule has 0 radical (unpaired) electrons. The van der Waals surface area contributed by atoms with E-state index < -0.39 is 0 Å². The minimum atomic E-state index is -0.304. The van der Waals surface area contributed by atoms with Crippen LogP contribution in [0.25, 0.3) is 0 Å². The van der Waals surface area contributed by atoms with E-state index in [0.717, 1.165) is 6.42 Å². The van der Waals surface area contributed by atoms with Crippen LogP contribution in [0.2, 0.25) is 0 Å². The highest BCUT2D eigenvalue weighted by Crippen LogP contribution is 2.26. The Morgan fingerprint density at radius 2 is 1.95 bits per heavy atom. The Balaban J connectivity index is 2.16. The van der Waals surface area contributed by atoms with Crippen molar-refractivity contribution in [3.05, 3.63) is 44.8 Å². The van der Waals surface area contributed by atoms with E-state index in [2.05, 4.69) is 34.3 Å². The molecule has 108 valence electrons. The average Bonchev–Trinajstić information content (AvgIpc) is 3.05. The Morgan fingerprint density at radius 1 is 1.25 bits per heavy atom. The smallest absolute Gasteiger partial charge is 0.234 e. The zero-order valence-electron chi connectivity index (χ0n) is 11.7. The van der Waals surface area contributed by atoms with Crippen molar-refractivity contribution >= 4 is 28.6 Å². The van der Waals surface area contributed by atoms with Gasteiger partial charge < -0.3 is 5.73 Å². The second-order valence-corrected chi connectivity index (χ2v) is 7.15. The van der Waals surface area contributed by atoms with Crippen molar-refractivity contribution in [2.24, 2.45) is 11.7 Å². The molecule has 1 amide bonds. The van der Waals surface area contributed by atoms with E-state index in [4.69, 9.17) is 5.73 Å². The third-order valence-electron chi connectivity index (χ3n) is 3.23. The van der Waals surface area contributed by atoms with Gasteiger partial charge in [0, 0.05) is 22.2 Å². The molecule has 2 atom stereocenters. The van der Waals surface area contributed by atoms with Crippen LogP contribution in [-0.2, 0) is 11.2 Å². The lowest BCUT2D eigenvalue weighted by Crippen LogP contribution is -2.46. The first-order valence-corrected chi connectivity index (χ1v) is 8.45. The molecule has 0 aromatic carbocycles. The Labute approximate surface area is 127 Å². The summed E-state index contributed by atoms with van der Waals surface area (Å²) < 4.78 is 0. The van der Waals surface area contributed by atoms with Gasteiger partial charge in [-0.3, -0.25) is 10.1 Å². The number of rotatable bonds is 7. The number of primary amides is 1. The molecular formula is C15H20N2OS2. The molecule has 0 aliphatic rings. The van der Waals surface area contributed by atoms with Gasteiger partial charge in [-0.1, -0.05) is 26.0 Å². The molecule has 2 unspecified atom stereocenters. The fourth-order valence-electron chi connectivity index (χ4n) is 2.18. The quantitative estimate of drug-likeness (QED) is 0.825. The molecule has 0 saturated heterocycles. The molecule has 2 heterocycles. The minimum Gasteiger partial charge on any atom is -0.368 e. The van der Waals surface area contributed by atoms with Gasteiger partial charge in [0.1, 0.15) is 0 Å². The molecule has 0 bridgehead atoms. The predicted octanol–water partition coefficient (Wildman–Crippen LogP) is 3.19. The van der Waals surface area contributed by atoms with E-state index in [9.17, 15) is 4.79 Å². The number of thiophene rings is 2. The summed E-state index contributed by atoms with van der Waals surface area (Å²) in [6.45, 7) is 4.03. The second-order valence-electron chi connectivity index (χ2n) is 5.14. The van der Waals surface area contributed by atoms with Gasteiger partial charge in [0.15, 0.2) is 0 Å². The summed E-state index contributed by atoms with van der Waals surface area (Å²) in [5, 5.41) is 7.58. The number of carbonyl (C=O) groups excluding carboxylic acids is 1. The maximum absolute atomic E-state index is 11.6. The molecule has 5 heteroatoms. The molecule has 0 saturated carbocycles. The summed E-state index contributed by atoms with van der Waals surface area (Å²) in [4.78, 5) is 14.2. The van der Waals surface area contributed by atoms with Gasteiger partial charge in [-0.25, -0.2) is 0 Å². The van der Waals surface area contributed by atoms with Gasteiger partial charge in [0.25, 0.3) is 0 Å². The first-order valence-electron chi connectivity index (χ1n) is 6.69. The minimum absolute atomic E-state index is 0.133. The average molecular weight is 308 g/mol. The van der Waals surface area contributed by atoms with E-state index >= 15 is 0 Å². The fraction of sp³-hybridized carbons (Fsp3) is 0.400. The van der Waals surface area contributed by atoms with Crippen molar-refractivity contribution in [3.8, 4) is 0 Å². The van der Waals surface area contributed by atoms with E-state index in [0.29, 0.717) is 0 Å². The number of amides is 1.